The Labute approximate surface area is 134 Å². The molecule has 0 unspecified atom stereocenters. The summed E-state index contributed by atoms with van der Waals surface area (Å²) >= 11 is 5.32. The smallest absolute Gasteiger partial charge is 0.170 e. The van der Waals surface area contributed by atoms with Gasteiger partial charge < -0.3 is 14.9 Å². The summed E-state index contributed by atoms with van der Waals surface area (Å²) in [6.45, 7) is 3.11. The highest BCUT2D eigenvalue weighted by Crippen LogP contribution is 1.91. The minimum absolute atomic E-state index is 0. The quantitative estimate of drug-likeness (QED) is 0.326. The molecule has 0 aromatic rings. The van der Waals surface area contributed by atoms with E-state index in [2.05, 4.69) is 6.58 Å². The third-order valence-electron chi connectivity index (χ3n) is 0.748. The van der Waals surface area contributed by atoms with Crippen LogP contribution >= 0.6 is 24.0 Å². The van der Waals surface area contributed by atoms with Crippen molar-refractivity contribution in [3.8, 4) is 0 Å². The molecule has 0 aromatic heterocycles. The zero-order valence-corrected chi connectivity index (χ0v) is 9.23. The SMILES string of the molecule is C.C.C.C.C.C.C=CC=O.COC(CCl)OC.Cl.O. The topological polar surface area (TPSA) is 67.0 Å². The van der Waals surface area contributed by atoms with Crippen LogP contribution in [0.4, 0.5) is 0 Å². The second kappa shape index (κ2) is 82.1. The first-order valence-electron chi connectivity index (χ1n) is 2.94. The maximum atomic E-state index is 9.06. The van der Waals surface area contributed by atoms with E-state index >= 15 is 0 Å². The summed E-state index contributed by atoms with van der Waals surface area (Å²) in [5.74, 6) is 0.382. The Hall–Kier alpha value is -0.130. The molecular formula is C13H40Cl2O4. The molecule has 19 heavy (non-hydrogen) atoms. The van der Waals surface area contributed by atoms with Crippen molar-refractivity contribution < 1.29 is 19.7 Å². The molecule has 0 atom stereocenters. The van der Waals surface area contributed by atoms with Crippen LogP contribution in [0.15, 0.2) is 12.7 Å². The summed E-state index contributed by atoms with van der Waals surface area (Å²) in [5, 5.41) is 0. The molecule has 0 spiro atoms. The predicted molar refractivity (Wildman–Crippen MR) is 96.0 cm³/mol. The van der Waals surface area contributed by atoms with Gasteiger partial charge in [0.15, 0.2) is 6.29 Å². The summed E-state index contributed by atoms with van der Waals surface area (Å²) in [6.07, 6.45) is 1.58. The monoisotopic (exact) mass is 330 g/mol. The Morgan fingerprint density at radius 3 is 1.26 bits per heavy atom. The van der Waals surface area contributed by atoms with Crippen LogP contribution in [0.5, 0.6) is 0 Å². The van der Waals surface area contributed by atoms with Gasteiger partial charge in [0.25, 0.3) is 0 Å². The number of carbonyl (C=O) groups is 1. The molecule has 2 N–H and O–H groups in total. The molecule has 0 radical (unpaired) electrons. The molecule has 0 rings (SSSR count). The zero-order chi connectivity index (χ0) is 9.11. The summed E-state index contributed by atoms with van der Waals surface area (Å²) in [4.78, 5) is 9.06. The summed E-state index contributed by atoms with van der Waals surface area (Å²) < 4.78 is 9.39. The molecule has 4 nitrogen and oxygen atoms in total. The molecule has 6 heteroatoms. The number of alkyl halides is 1. The van der Waals surface area contributed by atoms with Crippen LogP contribution < -0.4 is 0 Å². The number of carbonyl (C=O) groups excluding carboxylic acids is 1. The van der Waals surface area contributed by atoms with Gasteiger partial charge in [-0.1, -0.05) is 51.1 Å². The first kappa shape index (κ1) is 76.6. The van der Waals surface area contributed by atoms with Gasteiger partial charge in [-0.3, -0.25) is 4.79 Å². The minimum Gasteiger partial charge on any atom is -0.412 e. The largest absolute Gasteiger partial charge is 0.412 e. The predicted octanol–water partition coefficient (Wildman–Crippen LogP) is 4.63. The van der Waals surface area contributed by atoms with Gasteiger partial charge in [-0.05, 0) is 6.08 Å². The van der Waals surface area contributed by atoms with Gasteiger partial charge in [0, 0.05) is 14.2 Å². The van der Waals surface area contributed by atoms with Crippen LogP contribution in [0, 0.1) is 0 Å². The maximum Gasteiger partial charge on any atom is 0.170 e. The number of methoxy groups -OCH3 is 2. The van der Waals surface area contributed by atoms with E-state index in [9.17, 15) is 0 Å². The average molecular weight is 331 g/mol. The van der Waals surface area contributed by atoms with E-state index in [0.29, 0.717) is 12.2 Å². The van der Waals surface area contributed by atoms with Crippen molar-refractivity contribution in [2.24, 2.45) is 0 Å². The number of aldehydes is 1. The first-order valence-corrected chi connectivity index (χ1v) is 3.48. The second-order valence-corrected chi connectivity index (χ2v) is 1.74. The Morgan fingerprint density at radius 2 is 1.26 bits per heavy atom. The number of halogens is 2. The molecule has 130 valence electrons. The van der Waals surface area contributed by atoms with Crippen LogP contribution in [0.25, 0.3) is 0 Å². The van der Waals surface area contributed by atoms with Gasteiger partial charge in [0.1, 0.15) is 6.29 Å². The fraction of sp³-hybridized carbons (Fsp3) is 0.769. The molecular weight excluding hydrogens is 291 g/mol. The van der Waals surface area contributed by atoms with Crippen molar-refractivity contribution >= 4 is 30.3 Å². The Morgan fingerprint density at radius 1 is 1.05 bits per heavy atom. The molecule has 0 aliphatic rings. The van der Waals surface area contributed by atoms with Crippen LogP contribution in [0.1, 0.15) is 44.6 Å². The lowest BCUT2D eigenvalue weighted by Crippen LogP contribution is -2.13. The van der Waals surface area contributed by atoms with E-state index in [1.807, 2.05) is 0 Å². The van der Waals surface area contributed by atoms with Gasteiger partial charge in [-0.2, -0.15) is 0 Å². The van der Waals surface area contributed by atoms with Gasteiger partial charge in [-0.15, -0.1) is 24.0 Å². The highest BCUT2D eigenvalue weighted by atomic mass is 35.5. The van der Waals surface area contributed by atoms with Gasteiger partial charge >= 0.3 is 0 Å². The minimum atomic E-state index is -0.248. The van der Waals surface area contributed by atoms with Gasteiger partial charge in [-0.25, -0.2) is 0 Å². The maximum absolute atomic E-state index is 9.06. The lowest BCUT2D eigenvalue weighted by molar-refractivity contribution is -0.104. The van der Waals surface area contributed by atoms with Crippen LogP contribution in [0.3, 0.4) is 0 Å². The molecule has 0 aliphatic heterocycles. The lowest BCUT2D eigenvalue weighted by Gasteiger charge is -2.06. The van der Waals surface area contributed by atoms with Crippen molar-refractivity contribution in [3.63, 3.8) is 0 Å². The molecule has 0 amide bonds. The third kappa shape index (κ3) is 95.4. The molecule has 0 saturated carbocycles. The number of ether oxygens (including phenoxy) is 2. The fourth-order valence-corrected chi connectivity index (χ4v) is 0.474. The standard InChI is InChI=1S/C4H9ClO2.C3H4O.6CH4.ClH.H2O/c1-6-4(3-5)7-2;1-2-3-4;;;;;;;;/h4H,3H2,1-2H3;2-3H,1H2;6*1H4;1H;1H2. The van der Waals surface area contributed by atoms with Gasteiger partial charge in [0.05, 0.1) is 5.88 Å². The number of hydrogen-bond acceptors (Lipinski definition) is 3. The van der Waals surface area contributed by atoms with Crippen molar-refractivity contribution in [1.82, 2.24) is 0 Å². The first-order chi connectivity index (χ1) is 5.26. The average Bonchev–Trinajstić information content (AvgIpc) is 2.08. The molecule has 0 bridgehead atoms. The van der Waals surface area contributed by atoms with Crippen LogP contribution in [-0.4, -0.2) is 38.2 Å². The van der Waals surface area contributed by atoms with Crippen molar-refractivity contribution in [2.45, 2.75) is 50.8 Å². The number of hydrogen-bond donors (Lipinski definition) is 0. The third-order valence-corrected chi connectivity index (χ3v) is 1.000. The molecule has 0 saturated heterocycles. The van der Waals surface area contributed by atoms with Crippen LogP contribution in [-0.2, 0) is 14.3 Å². The Kier molecular flexibility index (Phi) is 331. The number of allylic oxidation sites excluding steroid dienone is 1. The molecule has 0 fully saturated rings. The Balaban J connectivity index is -0.00000000787. The van der Waals surface area contributed by atoms with E-state index in [0.717, 1.165) is 0 Å². The van der Waals surface area contributed by atoms with Crippen molar-refractivity contribution in [3.05, 3.63) is 12.7 Å². The zero-order valence-electron chi connectivity index (χ0n) is 7.66. The molecule has 0 heterocycles. The Bertz CT molecular complexity index is 89.1. The normalized spacial score (nSPS) is 4.84. The molecule has 0 aromatic carbocycles. The highest BCUT2D eigenvalue weighted by Gasteiger charge is 1.98. The fourth-order valence-electron chi connectivity index (χ4n) is 0.222. The summed E-state index contributed by atoms with van der Waals surface area (Å²) in [7, 11) is 3.10. The highest BCUT2D eigenvalue weighted by molar-refractivity contribution is 6.18. The van der Waals surface area contributed by atoms with E-state index in [1.54, 1.807) is 14.2 Å². The van der Waals surface area contributed by atoms with Gasteiger partial charge in [0.2, 0.25) is 0 Å². The second-order valence-electron chi connectivity index (χ2n) is 1.43. The van der Waals surface area contributed by atoms with E-state index < -0.39 is 0 Å². The van der Waals surface area contributed by atoms with Crippen molar-refractivity contribution in [1.29, 1.82) is 0 Å². The lowest BCUT2D eigenvalue weighted by atomic mass is 10.7. The summed E-state index contributed by atoms with van der Waals surface area (Å²) in [5.41, 5.74) is 0. The van der Waals surface area contributed by atoms with Crippen LogP contribution in [0.2, 0.25) is 0 Å². The van der Waals surface area contributed by atoms with E-state index in [-0.39, 0.29) is 68.7 Å². The van der Waals surface area contributed by atoms with E-state index in [1.165, 1.54) is 6.08 Å². The number of rotatable bonds is 4. The summed E-state index contributed by atoms with van der Waals surface area (Å²) in [6, 6.07) is 0. The van der Waals surface area contributed by atoms with Crippen molar-refractivity contribution in [2.75, 3.05) is 20.1 Å². The van der Waals surface area contributed by atoms with E-state index in [4.69, 9.17) is 25.9 Å². The molecule has 0 aliphatic carbocycles.